The normalized spacial score (nSPS) is 13.6. The van der Waals surface area contributed by atoms with Gasteiger partial charge in [0.15, 0.2) is 4.34 Å². The van der Waals surface area contributed by atoms with Crippen LogP contribution in [0, 0.1) is 0 Å². The lowest BCUT2D eigenvalue weighted by atomic mass is 9.92. The summed E-state index contributed by atoms with van der Waals surface area (Å²) in [6.45, 7) is 2.16. The number of fused-ring (bicyclic) bond motifs is 3. The van der Waals surface area contributed by atoms with Crippen LogP contribution in [0.3, 0.4) is 0 Å². The van der Waals surface area contributed by atoms with Crippen LogP contribution in [0.1, 0.15) is 42.9 Å². The molecule has 2 N–H and O–H groups in total. The average molecular weight is 561 g/mol. The third kappa shape index (κ3) is 4.88. The van der Waals surface area contributed by atoms with E-state index in [-0.39, 0.29) is 10.6 Å². The second-order valence-corrected chi connectivity index (χ2v) is 13.7. The number of nitrogens with one attached hydrogen (secondary N) is 1. The quantitative estimate of drug-likeness (QED) is 0.198. The number of benzene rings is 4. The standard InChI is InChI=1S/C30H28N2O3S3/c1-2-7-19-12-15-25-27(16-19)36-30(31-25)37-28-18-26(23-10-5-6-11-24(23)29(28)33)32-38(34,35)22-14-13-20-8-3-4-9-21(20)17-22/h5-6,10-18,32-33H,2-4,7-9H2,1H3. The first-order valence-corrected chi connectivity index (χ1v) is 16.0. The van der Waals surface area contributed by atoms with E-state index in [1.807, 2.05) is 36.4 Å². The molecule has 6 rings (SSSR count). The second kappa shape index (κ2) is 10.2. The summed E-state index contributed by atoms with van der Waals surface area (Å²) in [6.07, 6.45) is 6.24. The topological polar surface area (TPSA) is 79.3 Å². The Labute approximate surface area is 231 Å². The summed E-state index contributed by atoms with van der Waals surface area (Å²) >= 11 is 2.93. The molecule has 0 fully saturated rings. The Morgan fingerprint density at radius 2 is 1.76 bits per heavy atom. The minimum absolute atomic E-state index is 0.119. The molecule has 0 amide bonds. The first-order chi connectivity index (χ1) is 18.4. The van der Waals surface area contributed by atoms with Crippen molar-refractivity contribution in [1.82, 2.24) is 4.98 Å². The van der Waals surface area contributed by atoms with Gasteiger partial charge in [0, 0.05) is 10.8 Å². The summed E-state index contributed by atoms with van der Waals surface area (Å²) in [6, 6.07) is 20.8. The molecule has 1 heterocycles. The molecule has 0 saturated heterocycles. The van der Waals surface area contributed by atoms with Crippen molar-refractivity contribution < 1.29 is 13.5 Å². The van der Waals surface area contributed by atoms with Gasteiger partial charge in [0.2, 0.25) is 0 Å². The van der Waals surface area contributed by atoms with E-state index in [2.05, 4.69) is 23.8 Å². The third-order valence-corrected chi connectivity index (χ3v) is 10.5. The number of nitrogens with zero attached hydrogens (tertiary/aromatic N) is 1. The van der Waals surface area contributed by atoms with Gasteiger partial charge >= 0.3 is 0 Å². The fourth-order valence-electron chi connectivity index (χ4n) is 5.11. The maximum absolute atomic E-state index is 13.5. The zero-order chi connectivity index (χ0) is 26.3. The van der Waals surface area contributed by atoms with E-state index >= 15 is 0 Å². The fourth-order valence-corrected chi connectivity index (χ4v) is 8.41. The fraction of sp³-hybridized carbons (Fsp3) is 0.233. The highest BCUT2D eigenvalue weighted by atomic mass is 32.2. The molecule has 1 aliphatic rings. The number of hydrogen-bond acceptors (Lipinski definition) is 6. The number of aromatic hydroxyl groups is 1. The highest BCUT2D eigenvalue weighted by Gasteiger charge is 2.21. The van der Waals surface area contributed by atoms with Crippen molar-refractivity contribution >= 4 is 59.8 Å². The van der Waals surface area contributed by atoms with Gasteiger partial charge in [-0.05, 0) is 79.1 Å². The van der Waals surface area contributed by atoms with E-state index in [0.29, 0.717) is 21.4 Å². The van der Waals surface area contributed by atoms with Crippen LogP contribution in [-0.2, 0) is 29.3 Å². The molecule has 0 radical (unpaired) electrons. The Bertz CT molecular complexity index is 1780. The molecule has 38 heavy (non-hydrogen) atoms. The molecule has 0 aliphatic heterocycles. The number of phenols is 1. The zero-order valence-electron chi connectivity index (χ0n) is 21.0. The highest BCUT2D eigenvalue weighted by molar-refractivity contribution is 8.01. The number of thiazole rings is 1. The van der Waals surface area contributed by atoms with Gasteiger partial charge in [-0.1, -0.05) is 61.5 Å². The van der Waals surface area contributed by atoms with E-state index in [4.69, 9.17) is 4.98 Å². The molecule has 1 aromatic heterocycles. The Hall–Kier alpha value is -3.07. The van der Waals surface area contributed by atoms with Crippen molar-refractivity contribution in [2.45, 2.75) is 59.6 Å². The van der Waals surface area contributed by atoms with Gasteiger partial charge in [0.1, 0.15) is 5.75 Å². The lowest BCUT2D eigenvalue weighted by Crippen LogP contribution is -2.14. The Kier molecular flexibility index (Phi) is 6.80. The Balaban J connectivity index is 1.37. The molecule has 0 spiro atoms. The molecule has 1 aliphatic carbocycles. The first-order valence-electron chi connectivity index (χ1n) is 12.9. The van der Waals surface area contributed by atoms with Crippen LogP contribution in [-0.4, -0.2) is 18.5 Å². The predicted octanol–water partition coefficient (Wildman–Crippen LogP) is 7.94. The third-order valence-electron chi connectivity index (χ3n) is 7.02. The number of aromatic nitrogens is 1. The van der Waals surface area contributed by atoms with Gasteiger partial charge < -0.3 is 5.11 Å². The van der Waals surface area contributed by atoms with E-state index < -0.39 is 10.0 Å². The SMILES string of the molecule is CCCc1ccc2nc(Sc3cc(NS(=O)(=O)c4ccc5c(c4)CCCC5)c4ccccc4c3O)sc2c1. The van der Waals surface area contributed by atoms with E-state index in [9.17, 15) is 13.5 Å². The molecule has 8 heteroatoms. The molecule has 5 nitrogen and oxygen atoms in total. The summed E-state index contributed by atoms with van der Waals surface area (Å²) in [5, 5.41) is 12.4. The average Bonchev–Trinajstić information content (AvgIpc) is 3.33. The van der Waals surface area contributed by atoms with Crippen molar-refractivity contribution in [3.63, 3.8) is 0 Å². The zero-order valence-corrected chi connectivity index (χ0v) is 23.5. The lowest BCUT2D eigenvalue weighted by Gasteiger charge is -2.18. The highest BCUT2D eigenvalue weighted by Crippen LogP contribution is 2.44. The van der Waals surface area contributed by atoms with Crippen LogP contribution >= 0.6 is 23.1 Å². The lowest BCUT2D eigenvalue weighted by molar-refractivity contribution is 0.469. The molecule has 0 bridgehead atoms. The maximum Gasteiger partial charge on any atom is 0.261 e. The molecule has 194 valence electrons. The maximum atomic E-state index is 13.5. The number of phenolic OH excluding ortho intramolecular Hbond substituents is 1. The summed E-state index contributed by atoms with van der Waals surface area (Å²) in [5.74, 6) is 0.119. The molecular weight excluding hydrogens is 533 g/mol. The first kappa shape index (κ1) is 25.2. The van der Waals surface area contributed by atoms with Crippen molar-refractivity contribution in [3.8, 4) is 5.75 Å². The molecule has 0 atom stereocenters. The van der Waals surface area contributed by atoms with Crippen molar-refractivity contribution in [3.05, 3.63) is 83.4 Å². The van der Waals surface area contributed by atoms with Crippen molar-refractivity contribution in [2.24, 2.45) is 0 Å². The van der Waals surface area contributed by atoms with Gasteiger partial charge in [-0.2, -0.15) is 0 Å². The Morgan fingerprint density at radius 3 is 2.58 bits per heavy atom. The van der Waals surface area contributed by atoms with E-state index in [0.717, 1.165) is 58.6 Å². The minimum Gasteiger partial charge on any atom is -0.506 e. The summed E-state index contributed by atoms with van der Waals surface area (Å²) in [4.78, 5) is 5.57. The van der Waals surface area contributed by atoms with Gasteiger partial charge in [0.25, 0.3) is 10.0 Å². The molecular formula is C30H28N2O3S3. The minimum atomic E-state index is -3.83. The summed E-state index contributed by atoms with van der Waals surface area (Å²) < 4.78 is 31.7. The van der Waals surface area contributed by atoms with Crippen LogP contribution in [0.15, 0.2) is 80.9 Å². The van der Waals surface area contributed by atoms with Crippen molar-refractivity contribution in [2.75, 3.05) is 4.72 Å². The van der Waals surface area contributed by atoms with Crippen molar-refractivity contribution in [1.29, 1.82) is 0 Å². The number of hydrogen-bond donors (Lipinski definition) is 2. The van der Waals surface area contributed by atoms with Gasteiger partial charge in [0.05, 0.1) is 25.7 Å². The molecule has 0 unspecified atom stereocenters. The number of anilines is 1. The van der Waals surface area contributed by atoms with Crippen LogP contribution in [0.5, 0.6) is 5.75 Å². The summed E-state index contributed by atoms with van der Waals surface area (Å²) in [7, 11) is -3.83. The molecule has 4 aromatic carbocycles. The van der Waals surface area contributed by atoms with Gasteiger partial charge in [-0.3, -0.25) is 4.72 Å². The predicted molar refractivity (Wildman–Crippen MR) is 157 cm³/mol. The Morgan fingerprint density at radius 1 is 0.974 bits per heavy atom. The smallest absolute Gasteiger partial charge is 0.261 e. The van der Waals surface area contributed by atoms with E-state index in [1.54, 1.807) is 29.5 Å². The monoisotopic (exact) mass is 560 g/mol. The van der Waals surface area contributed by atoms with E-state index in [1.165, 1.54) is 22.9 Å². The van der Waals surface area contributed by atoms with Crippen LogP contribution in [0.25, 0.3) is 21.0 Å². The van der Waals surface area contributed by atoms with Crippen LogP contribution in [0.2, 0.25) is 0 Å². The van der Waals surface area contributed by atoms with Crippen LogP contribution in [0.4, 0.5) is 5.69 Å². The molecule has 5 aromatic rings. The number of aryl methyl sites for hydroxylation is 3. The second-order valence-electron chi connectivity index (χ2n) is 9.69. The van der Waals surface area contributed by atoms with Gasteiger partial charge in [-0.25, -0.2) is 13.4 Å². The van der Waals surface area contributed by atoms with Gasteiger partial charge in [-0.15, -0.1) is 11.3 Å². The largest absolute Gasteiger partial charge is 0.506 e. The number of sulfonamides is 1. The molecule has 0 saturated carbocycles. The number of rotatable bonds is 7. The van der Waals surface area contributed by atoms with Crippen LogP contribution < -0.4 is 4.72 Å². The summed E-state index contributed by atoms with van der Waals surface area (Å²) in [5.41, 5.74) is 4.99.